The highest BCUT2D eigenvalue weighted by Gasteiger charge is 2.13. The first-order valence-electron chi connectivity index (χ1n) is 4.64. The summed E-state index contributed by atoms with van der Waals surface area (Å²) in [6.07, 6.45) is 0. The summed E-state index contributed by atoms with van der Waals surface area (Å²) in [5.74, 6) is -0.722. The van der Waals surface area contributed by atoms with Gasteiger partial charge in [0.1, 0.15) is 0 Å². The second kappa shape index (κ2) is 5.39. The van der Waals surface area contributed by atoms with Crippen LogP contribution in [-0.4, -0.2) is 17.6 Å². The number of halogens is 2. The summed E-state index contributed by atoms with van der Waals surface area (Å²) >= 11 is 11.4. The minimum absolute atomic E-state index is 0.0863. The molecule has 4 N–H and O–H groups in total. The number of benzene rings is 1. The Labute approximate surface area is 103 Å². The van der Waals surface area contributed by atoms with Crippen LogP contribution in [0.5, 0.6) is 5.75 Å². The van der Waals surface area contributed by atoms with Gasteiger partial charge in [0.25, 0.3) is 0 Å². The Morgan fingerprint density at radius 1 is 1.50 bits per heavy atom. The van der Waals surface area contributed by atoms with Crippen LogP contribution in [0, 0.1) is 5.92 Å². The maximum atomic E-state index is 11.5. The molecule has 0 bridgehead atoms. The smallest absolute Gasteiger partial charge is 0.228 e. The molecule has 0 spiro atoms. The topological polar surface area (TPSA) is 75.4 Å². The van der Waals surface area contributed by atoms with Gasteiger partial charge in [-0.25, -0.2) is 0 Å². The van der Waals surface area contributed by atoms with Crippen LogP contribution in [-0.2, 0) is 4.79 Å². The van der Waals surface area contributed by atoms with Gasteiger partial charge in [0.05, 0.1) is 10.0 Å². The van der Waals surface area contributed by atoms with Crippen molar-refractivity contribution in [3.05, 3.63) is 22.2 Å². The molecule has 0 aliphatic rings. The summed E-state index contributed by atoms with van der Waals surface area (Å²) in [4.78, 5) is 11.5. The van der Waals surface area contributed by atoms with Crippen molar-refractivity contribution in [2.75, 3.05) is 11.9 Å². The molecule has 1 aromatic carbocycles. The van der Waals surface area contributed by atoms with Crippen LogP contribution >= 0.6 is 23.2 Å². The molecule has 0 saturated carbocycles. The molecular formula is C10H12Cl2N2O2. The van der Waals surface area contributed by atoms with Crippen molar-refractivity contribution in [2.24, 2.45) is 11.7 Å². The van der Waals surface area contributed by atoms with Gasteiger partial charge >= 0.3 is 0 Å². The fourth-order valence-electron chi connectivity index (χ4n) is 1.01. The molecule has 4 nitrogen and oxygen atoms in total. The van der Waals surface area contributed by atoms with Gasteiger partial charge in [-0.2, -0.15) is 0 Å². The van der Waals surface area contributed by atoms with Crippen molar-refractivity contribution in [1.82, 2.24) is 0 Å². The summed E-state index contributed by atoms with van der Waals surface area (Å²) in [5.41, 5.74) is 5.79. The van der Waals surface area contributed by atoms with Gasteiger partial charge in [-0.15, -0.1) is 0 Å². The number of phenols is 1. The van der Waals surface area contributed by atoms with Crippen LogP contribution in [0.2, 0.25) is 10.0 Å². The van der Waals surface area contributed by atoms with E-state index >= 15 is 0 Å². The first-order valence-corrected chi connectivity index (χ1v) is 5.40. The number of amides is 1. The maximum absolute atomic E-state index is 11.5. The lowest BCUT2D eigenvalue weighted by Gasteiger charge is -2.11. The van der Waals surface area contributed by atoms with Gasteiger partial charge in [0, 0.05) is 18.2 Å². The zero-order valence-corrected chi connectivity index (χ0v) is 10.1. The van der Waals surface area contributed by atoms with Gasteiger partial charge in [-0.1, -0.05) is 30.1 Å². The number of carbonyl (C=O) groups is 1. The van der Waals surface area contributed by atoms with Crippen molar-refractivity contribution in [2.45, 2.75) is 6.92 Å². The molecule has 1 unspecified atom stereocenters. The van der Waals surface area contributed by atoms with Crippen LogP contribution in [0.3, 0.4) is 0 Å². The standard InChI is InChI=1S/C10H12Cl2N2O2/c1-5(4-13)10(16)14-6-2-7(11)9(15)8(12)3-6/h2-3,5,15H,4,13H2,1H3,(H,14,16). The molecule has 0 aliphatic heterocycles. The van der Waals surface area contributed by atoms with Crippen molar-refractivity contribution in [1.29, 1.82) is 0 Å². The molecule has 1 aromatic rings. The Morgan fingerprint density at radius 2 is 2.00 bits per heavy atom. The van der Waals surface area contributed by atoms with Crippen molar-refractivity contribution in [3.8, 4) is 5.75 Å². The van der Waals surface area contributed by atoms with Crippen LogP contribution in [0.4, 0.5) is 5.69 Å². The van der Waals surface area contributed by atoms with Crippen LogP contribution in [0.1, 0.15) is 6.92 Å². The lowest BCUT2D eigenvalue weighted by molar-refractivity contribution is -0.119. The van der Waals surface area contributed by atoms with Gasteiger partial charge in [-0.05, 0) is 12.1 Å². The molecule has 0 radical (unpaired) electrons. The molecule has 0 fully saturated rings. The molecule has 1 rings (SSSR count). The molecule has 1 amide bonds. The number of nitrogens with one attached hydrogen (secondary N) is 1. The van der Waals surface area contributed by atoms with E-state index in [2.05, 4.69) is 5.32 Å². The number of anilines is 1. The number of hydrogen-bond donors (Lipinski definition) is 3. The number of nitrogens with two attached hydrogens (primary N) is 1. The Morgan fingerprint density at radius 3 is 2.44 bits per heavy atom. The minimum atomic E-state index is -0.300. The second-order valence-corrected chi connectivity index (χ2v) is 4.23. The second-order valence-electron chi connectivity index (χ2n) is 3.41. The summed E-state index contributed by atoms with van der Waals surface area (Å²) in [5, 5.41) is 12.1. The Balaban J connectivity index is 2.87. The number of rotatable bonds is 3. The van der Waals surface area contributed by atoms with E-state index in [1.165, 1.54) is 12.1 Å². The van der Waals surface area contributed by atoms with E-state index in [4.69, 9.17) is 28.9 Å². The van der Waals surface area contributed by atoms with Crippen molar-refractivity contribution in [3.63, 3.8) is 0 Å². The number of phenolic OH excluding ortho intramolecular Hbond substituents is 1. The average molecular weight is 263 g/mol. The zero-order valence-electron chi connectivity index (χ0n) is 8.63. The van der Waals surface area contributed by atoms with Crippen molar-refractivity contribution >= 4 is 34.8 Å². The van der Waals surface area contributed by atoms with Gasteiger partial charge in [0.2, 0.25) is 5.91 Å². The zero-order chi connectivity index (χ0) is 12.3. The van der Waals surface area contributed by atoms with Crippen LogP contribution in [0.25, 0.3) is 0 Å². The average Bonchev–Trinajstić information content (AvgIpc) is 2.24. The Hall–Kier alpha value is -0.970. The number of carbonyl (C=O) groups excluding carboxylic acids is 1. The quantitative estimate of drug-likeness (QED) is 0.732. The van der Waals surface area contributed by atoms with Crippen LogP contribution < -0.4 is 11.1 Å². The first kappa shape index (κ1) is 13.1. The molecular weight excluding hydrogens is 251 g/mol. The molecule has 6 heteroatoms. The monoisotopic (exact) mass is 262 g/mol. The highest BCUT2D eigenvalue weighted by Crippen LogP contribution is 2.34. The molecule has 88 valence electrons. The molecule has 0 aliphatic carbocycles. The lowest BCUT2D eigenvalue weighted by atomic mass is 10.1. The van der Waals surface area contributed by atoms with E-state index in [0.717, 1.165) is 0 Å². The number of hydrogen-bond acceptors (Lipinski definition) is 3. The molecule has 0 heterocycles. The van der Waals surface area contributed by atoms with E-state index in [0.29, 0.717) is 5.69 Å². The highest BCUT2D eigenvalue weighted by molar-refractivity contribution is 6.37. The molecule has 16 heavy (non-hydrogen) atoms. The van der Waals surface area contributed by atoms with Crippen molar-refractivity contribution < 1.29 is 9.90 Å². The SMILES string of the molecule is CC(CN)C(=O)Nc1cc(Cl)c(O)c(Cl)c1. The van der Waals surface area contributed by atoms with E-state index < -0.39 is 0 Å². The first-order chi connectivity index (χ1) is 7.45. The summed E-state index contributed by atoms with van der Waals surface area (Å²) in [6.45, 7) is 1.96. The summed E-state index contributed by atoms with van der Waals surface area (Å²) in [7, 11) is 0. The summed E-state index contributed by atoms with van der Waals surface area (Å²) < 4.78 is 0. The largest absolute Gasteiger partial charge is 0.505 e. The third kappa shape index (κ3) is 3.01. The maximum Gasteiger partial charge on any atom is 0.228 e. The predicted molar refractivity (Wildman–Crippen MR) is 65.0 cm³/mol. The van der Waals surface area contributed by atoms with E-state index in [-0.39, 0.29) is 34.2 Å². The Kier molecular flexibility index (Phi) is 4.41. The lowest BCUT2D eigenvalue weighted by Crippen LogP contribution is -2.26. The fourth-order valence-corrected chi connectivity index (χ4v) is 1.50. The predicted octanol–water partition coefficient (Wildman–Crippen LogP) is 2.23. The van der Waals surface area contributed by atoms with Crippen LogP contribution in [0.15, 0.2) is 12.1 Å². The normalized spacial score (nSPS) is 12.2. The van der Waals surface area contributed by atoms with E-state index in [9.17, 15) is 9.90 Å². The third-order valence-electron chi connectivity index (χ3n) is 2.09. The van der Waals surface area contributed by atoms with E-state index in [1.54, 1.807) is 6.92 Å². The number of aromatic hydroxyl groups is 1. The Bertz CT molecular complexity index is 387. The van der Waals surface area contributed by atoms with E-state index in [1.807, 2.05) is 0 Å². The third-order valence-corrected chi connectivity index (χ3v) is 2.66. The molecule has 0 aromatic heterocycles. The van der Waals surface area contributed by atoms with Gasteiger partial charge < -0.3 is 16.2 Å². The van der Waals surface area contributed by atoms with Gasteiger partial charge in [-0.3, -0.25) is 4.79 Å². The minimum Gasteiger partial charge on any atom is -0.505 e. The summed E-state index contributed by atoms with van der Waals surface area (Å²) in [6, 6.07) is 2.84. The van der Waals surface area contributed by atoms with Gasteiger partial charge in [0.15, 0.2) is 5.75 Å². The molecule has 1 atom stereocenters. The molecule has 0 saturated heterocycles. The highest BCUT2D eigenvalue weighted by atomic mass is 35.5. The fraction of sp³-hybridized carbons (Fsp3) is 0.300.